The predicted molar refractivity (Wildman–Crippen MR) is 97.3 cm³/mol. The van der Waals surface area contributed by atoms with Crippen LogP contribution in [-0.2, 0) is 0 Å². The van der Waals surface area contributed by atoms with E-state index in [2.05, 4.69) is 29.7 Å². The summed E-state index contributed by atoms with van der Waals surface area (Å²) in [5.74, 6) is 0.746. The molecule has 2 atom stereocenters. The number of halogens is 1. The van der Waals surface area contributed by atoms with Gasteiger partial charge in [-0.15, -0.1) is 0 Å². The Morgan fingerprint density at radius 2 is 2.09 bits per heavy atom. The van der Waals surface area contributed by atoms with E-state index >= 15 is 0 Å². The van der Waals surface area contributed by atoms with Crippen molar-refractivity contribution in [1.82, 2.24) is 9.80 Å². The molecule has 23 heavy (non-hydrogen) atoms. The molecule has 130 valence electrons. The van der Waals surface area contributed by atoms with Gasteiger partial charge in [-0.25, -0.2) is 0 Å². The summed E-state index contributed by atoms with van der Waals surface area (Å²) in [6.07, 6.45) is 1.17. The molecule has 0 bridgehead atoms. The third-order valence-corrected chi connectivity index (χ3v) is 5.11. The molecule has 2 unspecified atom stereocenters. The number of nitrogens with zero attached hydrogens (tertiary/aromatic N) is 2. The highest BCUT2D eigenvalue weighted by Gasteiger charge is 2.29. The summed E-state index contributed by atoms with van der Waals surface area (Å²) >= 11 is 6.36. The van der Waals surface area contributed by atoms with Crippen molar-refractivity contribution in [2.24, 2.45) is 5.73 Å². The van der Waals surface area contributed by atoms with Crippen molar-refractivity contribution in [2.45, 2.75) is 39.3 Å². The molecule has 1 heterocycles. The summed E-state index contributed by atoms with van der Waals surface area (Å²) in [6, 6.07) is 6.90. The van der Waals surface area contributed by atoms with Gasteiger partial charge in [0.2, 0.25) is 0 Å². The Hall–Kier alpha value is -0.810. The molecule has 0 aromatic heterocycles. The SMILES string of the molecule is CCOc1ccc(C(CN)N2CCN(CC)C(CC)C2)cc1Cl. The average Bonchev–Trinajstić information content (AvgIpc) is 2.57. The fourth-order valence-corrected chi connectivity index (χ4v) is 3.74. The maximum absolute atomic E-state index is 6.36. The number of piperazine rings is 1. The summed E-state index contributed by atoms with van der Waals surface area (Å²) in [6.45, 7) is 12.0. The summed E-state index contributed by atoms with van der Waals surface area (Å²) in [5.41, 5.74) is 7.29. The zero-order valence-corrected chi connectivity index (χ0v) is 15.4. The van der Waals surface area contributed by atoms with Crippen LogP contribution in [0.2, 0.25) is 5.02 Å². The van der Waals surface area contributed by atoms with Crippen LogP contribution in [0, 0.1) is 0 Å². The molecule has 2 N–H and O–H groups in total. The predicted octanol–water partition coefficient (Wildman–Crippen LogP) is 3.15. The fourth-order valence-electron chi connectivity index (χ4n) is 3.50. The molecule has 1 aromatic rings. The first-order valence-corrected chi connectivity index (χ1v) is 9.12. The molecule has 0 amide bonds. The van der Waals surface area contributed by atoms with Crippen LogP contribution in [0.25, 0.3) is 0 Å². The van der Waals surface area contributed by atoms with E-state index in [1.165, 1.54) is 12.0 Å². The normalized spacial score (nSPS) is 21.3. The van der Waals surface area contributed by atoms with Crippen molar-refractivity contribution >= 4 is 11.6 Å². The van der Waals surface area contributed by atoms with Gasteiger partial charge < -0.3 is 10.5 Å². The Labute approximate surface area is 145 Å². The highest BCUT2D eigenvalue weighted by Crippen LogP contribution is 2.31. The molecule has 2 rings (SSSR count). The van der Waals surface area contributed by atoms with E-state index in [1.54, 1.807) is 0 Å². The first-order valence-electron chi connectivity index (χ1n) is 8.74. The molecule has 1 aliphatic heterocycles. The van der Waals surface area contributed by atoms with Crippen LogP contribution in [0.5, 0.6) is 5.75 Å². The van der Waals surface area contributed by atoms with Gasteiger partial charge >= 0.3 is 0 Å². The molecule has 1 aliphatic rings. The van der Waals surface area contributed by atoms with Crippen LogP contribution >= 0.6 is 11.6 Å². The van der Waals surface area contributed by atoms with Crippen LogP contribution < -0.4 is 10.5 Å². The molecular weight excluding hydrogens is 310 g/mol. The first kappa shape index (κ1) is 18.5. The van der Waals surface area contributed by atoms with Crippen molar-refractivity contribution in [2.75, 3.05) is 39.3 Å². The Morgan fingerprint density at radius 3 is 2.65 bits per heavy atom. The molecule has 0 aliphatic carbocycles. The highest BCUT2D eigenvalue weighted by atomic mass is 35.5. The molecule has 0 saturated carbocycles. The third kappa shape index (κ3) is 4.38. The van der Waals surface area contributed by atoms with E-state index in [0.29, 0.717) is 24.2 Å². The Bertz CT molecular complexity index is 497. The van der Waals surface area contributed by atoms with Gasteiger partial charge in [-0.1, -0.05) is 31.5 Å². The molecule has 4 nitrogen and oxygen atoms in total. The van der Waals surface area contributed by atoms with Crippen LogP contribution in [0.15, 0.2) is 18.2 Å². The van der Waals surface area contributed by atoms with Crippen LogP contribution in [-0.4, -0.2) is 55.2 Å². The van der Waals surface area contributed by atoms with Crippen molar-refractivity contribution in [3.05, 3.63) is 28.8 Å². The second-order valence-electron chi connectivity index (χ2n) is 6.06. The number of benzene rings is 1. The Kier molecular flexibility index (Phi) is 7.15. The van der Waals surface area contributed by atoms with Crippen molar-refractivity contribution in [3.8, 4) is 5.75 Å². The standard InChI is InChI=1S/C18H30ClN3O/c1-4-15-13-22(10-9-21(15)5-2)17(12-20)14-7-8-18(23-6-3)16(19)11-14/h7-8,11,15,17H,4-6,9-10,12-13,20H2,1-3H3. The van der Waals surface area contributed by atoms with Crippen LogP contribution in [0.3, 0.4) is 0 Å². The number of rotatable bonds is 7. The largest absolute Gasteiger partial charge is 0.492 e. The molecule has 5 heteroatoms. The van der Waals surface area contributed by atoms with Gasteiger partial charge in [0.25, 0.3) is 0 Å². The summed E-state index contributed by atoms with van der Waals surface area (Å²) in [7, 11) is 0. The van der Waals surface area contributed by atoms with E-state index in [-0.39, 0.29) is 6.04 Å². The van der Waals surface area contributed by atoms with Gasteiger partial charge in [0.1, 0.15) is 5.75 Å². The topological polar surface area (TPSA) is 41.7 Å². The highest BCUT2D eigenvalue weighted by molar-refractivity contribution is 6.32. The monoisotopic (exact) mass is 339 g/mol. The molecule has 0 radical (unpaired) electrons. The number of ether oxygens (including phenoxy) is 1. The minimum Gasteiger partial charge on any atom is -0.492 e. The zero-order chi connectivity index (χ0) is 16.8. The maximum Gasteiger partial charge on any atom is 0.137 e. The second-order valence-corrected chi connectivity index (χ2v) is 6.47. The summed E-state index contributed by atoms with van der Waals surface area (Å²) < 4.78 is 5.53. The maximum atomic E-state index is 6.36. The Balaban J connectivity index is 2.14. The van der Waals surface area contributed by atoms with E-state index in [1.807, 2.05) is 19.1 Å². The van der Waals surface area contributed by atoms with Gasteiger partial charge in [-0.2, -0.15) is 0 Å². The number of hydrogen-bond donors (Lipinski definition) is 1. The van der Waals surface area contributed by atoms with E-state index < -0.39 is 0 Å². The lowest BCUT2D eigenvalue weighted by Crippen LogP contribution is -2.54. The molecule has 1 saturated heterocycles. The van der Waals surface area contributed by atoms with E-state index in [0.717, 1.165) is 31.9 Å². The van der Waals surface area contributed by atoms with Gasteiger partial charge in [0.05, 0.1) is 11.6 Å². The second kappa shape index (κ2) is 8.88. The molecular formula is C18H30ClN3O. The minimum absolute atomic E-state index is 0.219. The molecule has 1 aromatic carbocycles. The zero-order valence-electron chi connectivity index (χ0n) is 14.6. The van der Waals surface area contributed by atoms with Gasteiger partial charge in [-0.3, -0.25) is 9.80 Å². The smallest absolute Gasteiger partial charge is 0.137 e. The fraction of sp³-hybridized carbons (Fsp3) is 0.667. The Morgan fingerprint density at radius 1 is 1.30 bits per heavy atom. The summed E-state index contributed by atoms with van der Waals surface area (Å²) in [5, 5.41) is 0.669. The summed E-state index contributed by atoms with van der Waals surface area (Å²) in [4.78, 5) is 5.07. The van der Waals surface area contributed by atoms with E-state index in [4.69, 9.17) is 22.1 Å². The van der Waals surface area contributed by atoms with Crippen LogP contribution in [0.1, 0.15) is 38.8 Å². The lowest BCUT2D eigenvalue weighted by molar-refractivity contribution is 0.0509. The number of likely N-dealkylation sites (N-methyl/N-ethyl adjacent to an activating group) is 1. The van der Waals surface area contributed by atoms with Crippen LogP contribution in [0.4, 0.5) is 0 Å². The minimum atomic E-state index is 0.219. The lowest BCUT2D eigenvalue weighted by Gasteiger charge is -2.44. The third-order valence-electron chi connectivity index (χ3n) is 4.82. The van der Waals surface area contributed by atoms with Crippen molar-refractivity contribution in [3.63, 3.8) is 0 Å². The number of nitrogens with two attached hydrogens (primary N) is 1. The van der Waals surface area contributed by atoms with Gasteiger partial charge in [0, 0.05) is 38.3 Å². The molecule has 1 fully saturated rings. The van der Waals surface area contributed by atoms with Gasteiger partial charge in [0.15, 0.2) is 0 Å². The average molecular weight is 340 g/mol. The first-order chi connectivity index (χ1) is 11.1. The van der Waals surface area contributed by atoms with Crippen molar-refractivity contribution in [1.29, 1.82) is 0 Å². The van der Waals surface area contributed by atoms with E-state index in [9.17, 15) is 0 Å². The quantitative estimate of drug-likeness (QED) is 0.828. The molecule has 0 spiro atoms. The lowest BCUT2D eigenvalue weighted by atomic mass is 10.0. The van der Waals surface area contributed by atoms with Gasteiger partial charge in [-0.05, 0) is 37.6 Å². The van der Waals surface area contributed by atoms with Crippen molar-refractivity contribution < 1.29 is 4.74 Å². The number of hydrogen-bond acceptors (Lipinski definition) is 4.